The SMILES string of the molecule is O=C(NCc1ccc(N2CCCCC2)nc1)c1cc(NC(=O)c2cc(F)c(F)cc2Cl)[nH]n1. The molecule has 1 aliphatic rings. The molecule has 3 aromatic rings. The number of pyridine rings is 1. The van der Waals surface area contributed by atoms with Crippen LogP contribution in [0.1, 0.15) is 45.7 Å². The van der Waals surface area contributed by atoms with E-state index in [0.717, 1.165) is 24.5 Å². The number of aromatic nitrogens is 3. The summed E-state index contributed by atoms with van der Waals surface area (Å²) in [5.41, 5.74) is 0.623. The maximum absolute atomic E-state index is 13.4. The minimum Gasteiger partial charge on any atom is -0.357 e. The number of piperidine rings is 1. The van der Waals surface area contributed by atoms with Gasteiger partial charge in [0.05, 0.1) is 10.6 Å². The maximum Gasteiger partial charge on any atom is 0.272 e. The largest absolute Gasteiger partial charge is 0.357 e. The fraction of sp³-hybridized carbons (Fsp3) is 0.273. The fourth-order valence-corrected chi connectivity index (χ4v) is 3.73. The molecule has 172 valence electrons. The van der Waals surface area contributed by atoms with E-state index in [1.165, 1.54) is 25.3 Å². The van der Waals surface area contributed by atoms with Crippen molar-refractivity contribution in [2.24, 2.45) is 0 Å². The number of carbonyl (C=O) groups is 2. The molecule has 0 bridgehead atoms. The second-order valence-electron chi connectivity index (χ2n) is 7.62. The average molecular weight is 475 g/mol. The summed E-state index contributed by atoms with van der Waals surface area (Å²) in [7, 11) is 0. The molecule has 3 N–H and O–H groups in total. The number of anilines is 2. The highest BCUT2D eigenvalue weighted by Gasteiger charge is 2.17. The molecular weight excluding hydrogens is 454 g/mol. The van der Waals surface area contributed by atoms with Crippen LogP contribution in [-0.4, -0.2) is 40.1 Å². The van der Waals surface area contributed by atoms with Gasteiger partial charge in [0.15, 0.2) is 17.3 Å². The van der Waals surface area contributed by atoms with Crippen molar-refractivity contribution >= 4 is 35.1 Å². The highest BCUT2D eigenvalue weighted by Crippen LogP contribution is 2.21. The van der Waals surface area contributed by atoms with Gasteiger partial charge in [0.1, 0.15) is 11.6 Å². The quantitative estimate of drug-likeness (QED) is 0.470. The molecule has 2 aromatic heterocycles. The zero-order chi connectivity index (χ0) is 23.4. The van der Waals surface area contributed by atoms with Gasteiger partial charge in [0, 0.05) is 31.9 Å². The minimum atomic E-state index is -1.20. The molecule has 1 aromatic carbocycles. The van der Waals surface area contributed by atoms with Crippen LogP contribution in [0, 0.1) is 11.6 Å². The number of nitrogens with one attached hydrogen (secondary N) is 3. The Balaban J connectivity index is 1.32. The molecule has 11 heteroatoms. The van der Waals surface area contributed by atoms with E-state index in [-0.39, 0.29) is 28.6 Å². The Hall–Kier alpha value is -3.53. The summed E-state index contributed by atoms with van der Waals surface area (Å²) in [5.74, 6) is -2.58. The van der Waals surface area contributed by atoms with Crippen molar-refractivity contribution in [3.63, 3.8) is 0 Å². The van der Waals surface area contributed by atoms with Gasteiger partial charge in [-0.3, -0.25) is 14.7 Å². The van der Waals surface area contributed by atoms with Gasteiger partial charge < -0.3 is 15.5 Å². The van der Waals surface area contributed by atoms with E-state index in [1.807, 2.05) is 12.1 Å². The van der Waals surface area contributed by atoms with E-state index in [1.54, 1.807) is 6.20 Å². The third-order valence-electron chi connectivity index (χ3n) is 5.26. The number of nitrogens with zero attached hydrogens (tertiary/aromatic N) is 3. The lowest BCUT2D eigenvalue weighted by atomic mass is 10.1. The first kappa shape index (κ1) is 22.7. The van der Waals surface area contributed by atoms with Gasteiger partial charge in [-0.05, 0) is 43.0 Å². The van der Waals surface area contributed by atoms with Crippen LogP contribution in [0.15, 0.2) is 36.5 Å². The molecule has 2 amide bonds. The van der Waals surface area contributed by atoms with Crippen LogP contribution in [0.4, 0.5) is 20.4 Å². The van der Waals surface area contributed by atoms with Crippen molar-refractivity contribution in [3.05, 3.63) is 70.0 Å². The van der Waals surface area contributed by atoms with E-state index >= 15 is 0 Å². The molecule has 0 spiro atoms. The Kier molecular flexibility index (Phi) is 6.83. The highest BCUT2D eigenvalue weighted by atomic mass is 35.5. The topological polar surface area (TPSA) is 103 Å². The molecule has 1 fully saturated rings. The number of benzene rings is 1. The third-order valence-corrected chi connectivity index (χ3v) is 5.57. The Morgan fingerprint density at radius 2 is 1.82 bits per heavy atom. The maximum atomic E-state index is 13.4. The molecule has 1 aliphatic heterocycles. The molecule has 0 saturated carbocycles. The Morgan fingerprint density at radius 3 is 2.55 bits per heavy atom. The second-order valence-corrected chi connectivity index (χ2v) is 8.03. The van der Waals surface area contributed by atoms with Gasteiger partial charge in [-0.2, -0.15) is 5.10 Å². The monoisotopic (exact) mass is 474 g/mol. The first-order valence-electron chi connectivity index (χ1n) is 10.4. The number of amides is 2. The summed E-state index contributed by atoms with van der Waals surface area (Å²) in [6.07, 6.45) is 5.31. The molecule has 0 radical (unpaired) electrons. The van der Waals surface area contributed by atoms with Gasteiger partial charge in [-0.1, -0.05) is 17.7 Å². The third kappa shape index (κ3) is 5.46. The number of halogens is 3. The molecule has 0 aliphatic carbocycles. The first-order chi connectivity index (χ1) is 15.9. The summed E-state index contributed by atoms with van der Waals surface area (Å²) in [4.78, 5) is 31.4. The van der Waals surface area contributed by atoms with Crippen molar-refractivity contribution in [3.8, 4) is 0 Å². The van der Waals surface area contributed by atoms with Crippen LogP contribution in [0.25, 0.3) is 0 Å². The number of H-pyrrole nitrogens is 1. The van der Waals surface area contributed by atoms with E-state index in [0.29, 0.717) is 12.1 Å². The Bertz CT molecular complexity index is 1160. The van der Waals surface area contributed by atoms with Crippen molar-refractivity contribution in [1.29, 1.82) is 0 Å². The van der Waals surface area contributed by atoms with Gasteiger partial charge in [-0.15, -0.1) is 0 Å². The highest BCUT2D eigenvalue weighted by molar-refractivity contribution is 6.34. The summed E-state index contributed by atoms with van der Waals surface area (Å²) < 4.78 is 26.6. The lowest BCUT2D eigenvalue weighted by Crippen LogP contribution is -2.30. The molecule has 8 nitrogen and oxygen atoms in total. The second kappa shape index (κ2) is 9.95. The number of carbonyl (C=O) groups excluding carboxylic acids is 2. The van der Waals surface area contributed by atoms with Crippen LogP contribution in [-0.2, 0) is 6.54 Å². The minimum absolute atomic E-state index is 0.0413. The number of aromatic amines is 1. The van der Waals surface area contributed by atoms with E-state index in [2.05, 4.69) is 30.7 Å². The number of hydrogen-bond donors (Lipinski definition) is 3. The number of hydrogen-bond acceptors (Lipinski definition) is 5. The zero-order valence-electron chi connectivity index (χ0n) is 17.5. The Morgan fingerprint density at radius 1 is 1.06 bits per heavy atom. The normalized spacial score (nSPS) is 13.6. The lowest BCUT2D eigenvalue weighted by molar-refractivity contribution is 0.0945. The molecule has 4 rings (SSSR count). The Labute approximate surface area is 193 Å². The number of rotatable bonds is 6. The molecule has 1 saturated heterocycles. The smallest absolute Gasteiger partial charge is 0.272 e. The summed E-state index contributed by atoms with van der Waals surface area (Å²) in [6.45, 7) is 2.26. The predicted molar refractivity (Wildman–Crippen MR) is 119 cm³/mol. The van der Waals surface area contributed by atoms with Crippen molar-refractivity contribution in [1.82, 2.24) is 20.5 Å². The van der Waals surface area contributed by atoms with E-state index in [4.69, 9.17) is 11.6 Å². The van der Waals surface area contributed by atoms with E-state index in [9.17, 15) is 18.4 Å². The summed E-state index contributed by atoms with van der Waals surface area (Å²) >= 11 is 5.81. The average Bonchev–Trinajstić information content (AvgIpc) is 3.29. The summed E-state index contributed by atoms with van der Waals surface area (Å²) in [5, 5.41) is 11.3. The van der Waals surface area contributed by atoms with Gasteiger partial charge in [0.25, 0.3) is 11.8 Å². The molecule has 3 heterocycles. The molecule has 0 atom stereocenters. The van der Waals surface area contributed by atoms with Gasteiger partial charge in [-0.25, -0.2) is 13.8 Å². The standard InChI is InChI=1S/C22H21ClF2N6O2/c23-15-9-17(25)16(24)8-14(15)21(32)28-19-10-18(29-30-19)22(33)27-12-13-4-5-20(26-11-13)31-6-2-1-3-7-31/h4-5,8-11H,1-3,6-7,12H2,(H,27,33)(H2,28,29,30,32). The lowest BCUT2D eigenvalue weighted by Gasteiger charge is -2.27. The van der Waals surface area contributed by atoms with Crippen molar-refractivity contribution < 1.29 is 18.4 Å². The molecule has 0 unspecified atom stereocenters. The molecular formula is C22H21ClF2N6O2. The molecule has 33 heavy (non-hydrogen) atoms. The predicted octanol–water partition coefficient (Wildman–Crippen LogP) is 3.91. The van der Waals surface area contributed by atoms with E-state index < -0.39 is 23.4 Å². The van der Waals surface area contributed by atoms with Crippen LogP contribution in [0.2, 0.25) is 5.02 Å². The van der Waals surface area contributed by atoms with Crippen molar-refractivity contribution in [2.45, 2.75) is 25.8 Å². The van der Waals surface area contributed by atoms with Crippen LogP contribution < -0.4 is 15.5 Å². The first-order valence-corrected chi connectivity index (χ1v) is 10.8. The van der Waals surface area contributed by atoms with Crippen LogP contribution >= 0.6 is 11.6 Å². The summed E-state index contributed by atoms with van der Waals surface area (Å²) in [6, 6.07) is 6.59. The van der Waals surface area contributed by atoms with Gasteiger partial charge >= 0.3 is 0 Å². The van der Waals surface area contributed by atoms with Gasteiger partial charge in [0.2, 0.25) is 0 Å². The zero-order valence-corrected chi connectivity index (χ0v) is 18.3. The van der Waals surface area contributed by atoms with Crippen LogP contribution in [0.3, 0.4) is 0 Å². The van der Waals surface area contributed by atoms with Crippen LogP contribution in [0.5, 0.6) is 0 Å². The fourth-order valence-electron chi connectivity index (χ4n) is 3.49. The van der Waals surface area contributed by atoms with Crippen molar-refractivity contribution in [2.75, 3.05) is 23.3 Å².